The van der Waals surface area contributed by atoms with Crippen molar-refractivity contribution < 1.29 is 4.42 Å². The Kier molecular flexibility index (Phi) is 2.68. The normalized spacial score (nSPS) is 13.8. The monoisotopic (exact) mass is 154 g/mol. The fraction of sp³-hybridized carbons (Fsp3) is 0.500. The van der Waals surface area contributed by atoms with Crippen LogP contribution in [0.3, 0.4) is 0 Å². The summed E-state index contributed by atoms with van der Waals surface area (Å²) >= 11 is 0. The Morgan fingerprint density at radius 1 is 1.55 bits per heavy atom. The molecule has 0 saturated carbocycles. The SMILES string of the molecule is CC(C)C(NN)c1ccoc1. The van der Waals surface area contributed by atoms with Gasteiger partial charge in [-0.3, -0.25) is 11.3 Å². The van der Waals surface area contributed by atoms with Crippen molar-refractivity contribution in [1.82, 2.24) is 5.43 Å². The molecule has 0 bridgehead atoms. The van der Waals surface area contributed by atoms with Crippen LogP contribution in [0.2, 0.25) is 0 Å². The molecule has 0 saturated heterocycles. The molecule has 1 aromatic rings. The number of nitrogens with two attached hydrogens (primary N) is 1. The molecule has 0 spiro atoms. The first-order valence-corrected chi connectivity index (χ1v) is 3.74. The summed E-state index contributed by atoms with van der Waals surface area (Å²) in [6, 6.07) is 2.11. The van der Waals surface area contributed by atoms with Crippen molar-refractivity contribution in [3.8, 4) is 0 Å². The summed E-state index contributed by atoms with van der Waals surface area (Å²) in [6.07, 6.45) is 3.37. The van der Waals surface area contributed by atoms with Gasteiger partial charge in [-0.15, -0.1) is 0 Å². The predicted molar refractivity (Wildman–Crippen MR) is 43.6 cm³/mol. The molecule has 1 atom stereocenters. The Morgan fingerprint density at radius 2 is 2.27 bits per heavy atom. The Bertz CT molecular complexity index is 194. The van der Waals surface area contributed by atoms with Crippen LogP contribution in [0.5, 0.6) is 0 Å². The molecule has 3 heteroatoms. The van der Waals surface area contributed by atoms with E-state index in [4.69, 9.17) is 10.3 Å². The van der Waals surface area contributed by atoms with Crippen LogP contribution in [-0.2, 0) is 0 Å². The lowest BCUT2D eigenvalue weighted by Crippen LogP contribution is -2.31. The van der Waals surface area contributed by atoms with Crippen LogP contribution in [0.15, 0.2) is 23.0 Å². The maximum atomic E-state index is 5.37. The van der Waals surface area contributed by atoms with Crippen molar-refractivity contribution in [3.63, 3.8) is 0 Å². The second-order valence-corrected chi connectivity index (χ2v) is 2.95. The number of nitrogens with one attached hydrogen (secondary N) is 1. The van der Waals surface area contributed by atoms with Crippen LogP contribution < -0.4 is 11.3 Å². The van der Waals surface area contributed by atoms with Crippen LogP contribution in [0.4, 0.5) is 0 Å². The van der Waals surface area contributed by atoms with Crippen LogP contribution >= 0.6 is 0 Å². The molecule has 1 heterocycles. The van der Waals surface area contributed by atoms with E-state index in [9.17, 15) is 0 Å². The van der Waals surface area contributed by atoms with E-state index in [1.165, 1.54) is 0 Å². The first-order chi connectivity index (χ1) is 5.25. The zero-order valence-corrected chi connectivity index (χ0v) is 6.87. The fourth-order valence-corrected chi connectivity index (χ4v) is 1.13. The lowest BCUT2D eigenvalue weighted by atomic mass is 9.99. The summed E-state index contributed by atoms with van der Waals surface area (Å²) in [6.45, 7) is 4.22. The summed E-state index contributed by atoms with van der Waals surface area (Å²) in [5.41, 5.74) is 3.84. The topological polar surface area (TPSA) is 51.2 Å². The van der Waals surface area contributed by atoms with E-state index >= 15 is 0 Å². The Labute approximate surface area is 66.5 Å². The molecule has 0 aromatic carbocycles. The van der Waals surface area contributed by atoms with Crippen LogP contribution in [-0.4, -0.2) is 0 Å². The Morgan fingerprint density at radius 3 is 2.64 bits per heavy atom. The molecule has 1 aromatic heterocycles. The third-order valence-electron chi connectivity index (χ3n) is 1.75. The number of rotatable bonds is 3. The van der Waals surface area contributed by atoms with Gasteiger partial charge >= 0.3 is 0 Å². The molecule has 0 fully saturated rings. The van der Waals surface area contributed by atoms with Crippen molar-refractivity contribution in [2.75, 3.05) is 0 Å². The maximum absolute atomic E-state index is 5.37. The van der Waals surface area contributed by atoms with Crippen LogP contribution in [0.1, 0.15) is 25.5 Å². The minimum absolute atomic E-state index is 0.189. The van der Waals surface area contributed by atoms with Gasteiger partial charge in [0.15, 0.2) is 0 Å². The highest BCUT2D eigenvalue weighted by molar-refractivity contribution is 5.11. The summed E-state index contributed by atoms with van der Waals surface area (Å²) in [5.74, 6) is 5.84. The molecule has 0 aliphatic rings. The highest BCUT2D eigenvalue weighted by atomic mass is 16.3. The zero-order chi connectivity index (χ0) is 8.27. The van der Waals surface area contributed by atoms with Gasteiger partial charge < -0.3 is 4.42 Å². The molecule has 0 aliphatic heterocycles. The van der Waals surface area contributed by atoms with Gasteiger partial charge in [-0.2, -0.15) is 0 Å². The van der Waals surface area contributed by atoms with Gasteiger partial charge in [0.2, 0.25) is 0 Å². The van der Waals surface area contributed by atoms with Gasteiger partial charge in [0.25, 0.3) is 0 Å². The smallest absolute Gasteiger partial charge is 0.0950 e. The number of hydrazine groups is 1. The summed E-state index contributed by atoms with van der Waals surface area (Å²) < 4.78 is 4.95. The van der Waals surface area contributed by atoms with Gasteiger partial charge in [0.05, 0.1) is 18.6 Å². The highest BCUT2D eigenvalue weighted by Crippen LogP contribution is 2.20. The molecule has 1 unspecified atom stereocenters. The standard InChI is InChI=1S/C8H14N2O/c1-6(2)8(10-9)7-3-4-11-5-7/h3-6,8,10H,9H2,1-2H3. The van der Waals surface area contributed by atoms with Crippen molar-refractivity contribution >= 4 is 0 Å². The molecule has 0 radical (unpaired) electrons. The van der Waals surface area contributed by atoms with Crippen molar-refractivity contribution in [2.24, 2.45) is 11.8 Å². The average Bonchev–Trinajstić information content (AvgIpc) is 2.40. The van der Waals surface area contributed by atoms with Crippen LogP contribution in [0, 0.1) is 5.92 Å². The Balaban J connectivity index is 2.71. The number of hydrogen-bond donors (Lipinski definition) is 2. The number of furan rings is 1. The Hall–Kier alpha value is -0.800. The van der Waals surface area contributed by atoms with Gasteiger partial charge in [-0.25, -0.2) is 0 Å². The van der Waals surface area contributed by atoms with Gasteiger partial charge in [0, 0.05) is 5.56 Å². The van der Waals surface area contributed by atoms with Gasteiger partial charge in [0.1, 0.15) is 0 Å². The van der Waals surface area contributed by atoms with Gasteiger partial charge in [-0.05, 0) is 12.0 Å². The molecule has 3 N–H and O–H groups in total. The second kappa shape index (κ2) is 3.55. The molecule has 0 aliphatic carbocycles. The van der Waals surface area contributed by atoms with E-state index in [-0.39, 0.29) is 6.04 Å². The first kappa shape index (κ1) is 8.30. The lowest BCUT2D eigenvalue weighted by Gasteiger charge is -2.17. The van der Waals surface area contributed by atoms with E-state index in [2.05, 4.69) is 19.3 Å². The van der Waals surface area contributed by atoms with Crippen LogP contribution in [0.25, 0.3) is 0 Å². The van der Waals surface area contributed by atoms with E-state index in [0.29, 0.717) is 5.92 Å². The van der Waals surface area contributed by atoms with Crippen molar-refractivity contribution in [3.05, 3.63) is 24.2 Å². The maximum Gasteiger partial charge on any atom is 0.0950 e. The number of hydrogen-bond acceptors (Lipinski definition) is 3. The molecule has 0 amide bonds. The van der Waals surface area contributed by atoms with E-state index in [1.807, 2.05) is 6.07 Å². The summed E-state index contributed by atoms with van der Waals surface area (Å²) in [7, 11) is 0. The van der Waals surface area contributed by atoms with E-state index < -0.39 is 0 Å². The first-order valence-electron chi connectivity index (χ1n) is 3.74. The molecule has 62 valence electrons. The van der Waals surface area contributed by atoms with Crippen molar-refractivity contribution in [2.45, 2.75) is 19.9 Å². The average molecular weight is 154 g/mol. The van der Waals surface area contributed by atoms with E-state index in [1.54, 1.807) is 12.5 Å². The largest absolute Gasteiger partial charge is 0.472 e. The molecular weight excluding hydrogens is 140 g/mol. The molecule has 3 nitrogen and oxygen atoms in total. The third kappa shape index (κ3) is 1.82. The third-order valence-corrected chi connectivity index (χ3v) is 1.75. The minimum atomic E-state index is 0.189. The summed E-state index contributed by atoms with van der Waals surface area (Å²) in [4.78, 5) is 0. The second-order valence-electron chi connectivity index (χ2n) is 2.95. The quantitative estimate of drug-likeness (QED) is 0.511. The van der Waals surface area contributed by atoms with E-state index in [0.717, 1.165) is 5.56 Å². The fourth-order valence-electron chi connectivity index (χ4n) is 1.13. The molecule has 11 heavy (non-hydrogen) atoms. The summed E-state index contributed by atoms with van der Waals surface area (Å²) in [5, 5.41) is 0. The lowest BCUT2D eigenvalue weighted by molar-refractivity contribution is 0.416. The minimum Gasteiger partial charge on any atom is -0.472 e. The highest BCUT2D eigenvalue weighted by Gasteiger charge is 2.13. The molecule has 1 rings (SSSR count). The zero-order valence-electron chi connectivity index (χ0n) is 6.87. The van der Waals surface area contributed by atoms with Gasteiger partial charge in [-0.1, -0.05) is 13.8 Å². The van der Waals surface area contributed by atoms with Crippen molar-refractivity contribution in [1.29, 1.82) is 0 Å². The molecular formula is C8H14N2O. The predicted octanol–water partition coefficient (Wildman–Crippen LogP) is 1.44.